The van der Waals surface area contributed by atoms with Gasteiger partial charge in [0.1, 0.15) is 23.1 Å². The summed E-state index contributed by atoms with van der Waals surface area (Å²) < 4.78 is 48.3. The average molecular weight is 579 g/mol. The first kappa shape index (κ1) is 28.7. The van der Waals surface area contributed by atoms with Crippen LogP contribution in [0.15, 0.2) is 29.1 Å². The van der Waals surface area contributed by atoms with Gasteiger partial charge in [-0.15, -0.1) is 0 Å². The molecule has 1 saturated carbocycles. The predicted octanol–water partition coefficient (Wildman–Crippen LogP) is 6.35. The number of alkyl halides is 2. The van der Waals surface area contributed by atoms with Crippen LogP contribution in [0.1, 0.15) is 86.8 Å². The first-order chi connectivity index (χ1) is 20.1. The largest absolute Gasteiger partial charge is 0.363 e. The van der Waals surface area contributed by atoms with E-state index in [4.69, 9.17) is 0 Å². The zero-order valence-corrected chi connectivity index (χ0v) is 24.2. The van der Waals surface area contributed by atoms with Gasteiger partial charge in [-0.25, -0.2) is 23.1 Å². The van der Waals surface area contributed by atoms with Crippen LogP contribution >= 0.6 is 0 Å². The Morgan fingerprint density at radius 2 is 1.76 bits per heavy atom. The Labute approximate surface area is 243 Å². The van der Waals surface area contributed by atoms with Gasteiger partial charge in [0.25, 0.3) is 11.5 Å². The second kappa shape index (κ2) is 11.0. The van der Waals surface area contributed by atoms with Crippen LogP contribution in [0.5, 0.6) is 0 Å². The van der Waals surface area contributed by atoms with Gasteiger partial charge in [0.15, 0.2) is 0 Å². The highest BCUT2D eigenvalue weighted by Gasteiger charge is 2.47. The Balaban J connectivity index is 1.44. The highest BCUT2D eigenvalue weighted by molar-refractivity contribution is 5.88. The van der Waals surface area contributed by atoms with Crippen LogP contribution in [0.3, 0.4) is 0 Å². The molecule has 7 nitrogen and oxygen atoms in total. The fourth-order valence-corrected chi connectivity index (χ4v) is 6.63. The third kappa shape index (κ3) is 5.28. The molecule has 1 saturated heterocycles. The number of nitrogens with zero attached hydrogens (tertiary/aromatic N) is 5. The molecule has 1 aliphatic carbocycles. The number of aryl methyl sites for hydroxylation is 2. The third-order valence-electron chi connectivity index (χ3n) is 9.21. The van der Waals surface area contributed by atoms with Crippen LogP contribution < -0.4 is 10.9 Å². The quantitative estimate of drug-likeness (QED) is 0.362. The fourth-order valence-electron chi connectivity index (χ4n) is 6.63. The number of aromatic nitrogens is 3. The molecule has 3 aromatic rings. The number of rotatable bonds is 1. The highest BCUT2D eigenvalue weighted by Crippen LogP contribution is 2.47. The molecule has 1 N–H and O–H groups in total. The molecule has 7 rings (SSSR count). The molecule has 3 aliphatic heterocycles. The summed E-state index contributed by atoms with van der Waals surface area (Å²) in [6.45, 7) is 5.99. The van der Waals surface area contributed by atoms with E-state index in [-0.39, 0.29) is 23.5 Å². The number of hydrogen-bond donors (Lipinski definition) is 1. The maximum Gasteiger partial charge on any atom is 0.276 e. The molecule has 8 bridgehead atoms. The second-order valence-corrected chi connectivity index (χ2v) is 12.4. The van der Waals surface area contributed by atoms with Gasteiger partial charge in [0.05, 0.1) is 28.5 Å². The van der Waals surface area contributed by atoms with Crippen molar-refractivity contribution in [3.8, 4) is 6.07 Å². The molecule has 4 aliphatic rings. The van der Waals surface area contributed by atoms with Crippen LogP contribution in [0, 0.1) is 30.0 Å². The fraction of sp³-hybridized carbons (Fsp3) is 0.562. The van der Waals surface area contributed by atoms with Gasteiger partial charge in [-0.3, -0.25) is 9.36 Å². The van der Waals surface area contributed by atoms with Crippen LogP contribution in [-0.2, 0) is 17.9 Å². The molecular formula is C32H37F3N6O. The summed E-state index contributed by atoms with van der Waals surface area (Å²) in [7, 11) is 0. The molecule has 5 heterocycles. The number of halogens is 3. The molecular weight excluding hydrogens is 541 g/mol. The minimum atomic E-state index is -3.28. The second-order valence-electron chi connectivity index (χ2n) is 12.4. The summed E-state index contributed by atoms with van der Waals surface area (Å²) in [5.41, 5.74) is -0.608. The van der Waals surface area contributed by atoms with E-state index in [1.165, 1.54) is 18.2 Å². The van der Waals surface area contributed by atoms with Crippen LogP contribution in [0.2, 0.25) is 0 Å². The van der Waals surface area contributed by atoms with E-state index in [9.17, 15) is 10.1 Å². The van der Waals surface area contributed by atoms with Crippen molar-refractivity contribution in [2.75, 3.05) is 25.0 Å². The smallest absolute Gasteiger partial charge is 0.276 e. The van der Waals surface area contributed by atoms with Crippen LogP contribution in [-0.4, -0.2) is 39.1 Å². The van der Waals surface area contributed by atoms with E-state index in [1.807, 2.05) is 0 Å². The van der Waals surface area contributed by atoms with E-state index in [1.54, 1.807) is 24.5 Å². The number of anilines is 1. The third-order valence-corrected chi connectivity index (χ3v) is 9.21. The first-order valence-electron chi connectivity index (χ1n) is 15.1. The van der Waals surface area contributed by atoms with Crippen molar-refractivity contribution >= 4 is 16.9 Å². The number of hydrogen-bond acceptors (Lipinski definition) is 6. The monoisotopic (exact) mass is 578 g/mol. The van der Waals surface area contributed by atoms with Crippen molar-refractivity contribution in [2.45, 2.75) is 89.1 Å². The summed E-state index contributed by atoms with van der Waals surface area (Å²) in [6, 6.07) is 7.51. The number of fused-ring (bicyclic) bond motifs is 8. The predicted molar refractivity (Wildman–Crippen MR) is 155 cm³/mol. The Morgan fingerprint density at radius 3 is 2.48 bits per heavy atom. The van der Waals surface area contributed by atoms with Gasteiger partial charge in [-0.2, -0.15) is 5.26 Å². The molecule has 0 unspecified atom stereocenters. The number of nitrogens with one attached hydrogen (secondary N) is 1. The summed E-state index contributed by atoms with van der Waals surface area (Å²) in [4.78, 5) is 25.2. The normalized spacial score (nSPS) is 25.5. The van der Waals surface area contributed by atoms with Gasteiger partial charge >= 0.3 is 0 Å². The maximum absolute atomic E-state index is 15.8. The minimum absolute atomic E-state index is 0.113. The summed E-state index contributed by atoms with van der Waals surface area (Å²) in [5, 5.41) is 13.7. The molecule has 0 radical (unpaired) electrons. The van der Waals surface area contributed by atoms with E-state index in [2.05, 4.69) is 26.3 Å². The van der Waals surface area contributed by atoms with Gasteiger partial charge < -0.3 is 10.2 Å². The highest BCUT2D eigenvalue weighted by atomic mass is 19.3. The summed E-state index contributed by atoms with van der Waals surface area (Å²) in [5.74, 6) is -3.56. The van der Waals surface area contributed by atoms with E-state index in [0.29, 0.717) is 60.7 Å². The van der Waals surface area contributed by atoms with Crippen molar-refractivity contribution in [1.82, 2.24) is 19.4 Å². The van der Waals surface area contributed by atoms with Crippen molar-refractivity contribution in [1.29, 1.82) is 5.26 Å². The summed E-state index contributed by atoms with van der Waals surface area (Å²) in [6.07, 6.45) is 5.61. The standard InChI is InChI=1S/C32H37F3N6O/c1-20-23-9-8-10-25(27(23)33)32(34,35)16-22-17-40(18-22)13-6-4-3-5-7-14-41-29-24(28(37-20)38-21(2)39-29)15-26(30(41)42)31(19-36)11-12-31/h8-10,15,20,22H,3-7,11-14,16-18H2,1-2H3,(H,37,38,39)/t20-/m1/s1. The maximum atomic E-state index is 15.8. The van der Waals surface area contributed by atoms with Gasteiger partial charge in [0, 0.05) is 37.2 Å². The zero-order chi connectivity index (χ0) is 29.6. The van der Waals surface area contributed by atoms with Gasteiger partial charge in [-0.1, -0.05) is 37.5 Å². The minimum Gasteiger partial charge on any atom is -0.363 e. The lowest BCUT2D eigenvalue weighted by Crippen LogP contribution is -2.48. The molecule has 10 heteroatoms. The average Bonchev–Trinajstić information content (AvgIpc) is 3.72. The van der Waals surface area contributed by atoms with Gasteiger partial charge in [-0.05, 0) is 58.1 Å². The topological polar surface area (TPSA) is 86.8 Å². The molecule has 1 aromatic carbocycles. The molecule has 2 aromatic heterocycles. The van der Waals surface area contributed by atoms with Crippen molar-refractivity contribution < 1.29 is 13.2 Å². The first-order valence-corrected chi connectivity index (χ1v) is 15.1. The lowest BCUT2D eigenvalue weighted by Gasteiger charge is -2.41. The number of pyridine rings is 1. The SMILES string of the molecule is Cc1nc2c3cc(C4(C#N)CC4)c(=O)n(c3n1)CCCCCCCN1CC(C1)CC(F)(F)c1cccc(c1F)[C@@H](C)N2. The lowest BCUT2D eigenvalue weighted by atomic mass is 9.88. The Hall–Kier alpha value is -3.45. The molecule has 2 fully saturated rings. The Morgan fingerprint density at radius 1 is 1.05 bits per heavy atom. The lowest BCUT2D eigenvalue weighted by molar-refractivity contribution is -0.0592. The van der Waals surface area contributed by atoms with Gasteiger partial charge in [0.2, 0.25) is 0 Å². The molecule has 1 atom stereocenters. The molecule has 42 heavy (non-hydrogen) atoms. The van der Waals surface area contributed by atoms with Crippen molar-refractivity contribution in [3.63, 3.8) is 0 Å². The summed E-state index contributed by atoms with van der Waals surface area (Å²) >= 11 is 0. The van der Waals surface area contributed by atoms with Crippen LogP contribution in [0.25, 0.3) is 11.0 Å². The van der Waals surface area contributed by atoms with Crippen molar-refractivity contribution in [3.05, 3.63) is 63.0 Å². The van der Waals surface area contributed by atoms with Crippen molar-refractivity contribution in [2.24, 2.45) is 5.92 Å². The zero-order valence-electron chi connectivity index (χ0n) is 24.2. The van der Waals surface area contributed by atoms with E-state index >= 15 is 13.2 Å². The Bertz CT molecular complexity index is 1600. The molecule has 0 amide bonds. The number of nitriles is 1. The van der Waals surface area contributed by atoms with E-state index in [0.717, 1.165) is 38.6 Å². The van der Waals surface area contributed by atoms with E-state index < -0.39 is 28.8 Å². The molecule has 222 valence electrons. The molecule has 0 spiro atoms. The Kier molecular flexibility index (Phi) is 7.50. The number of benzene rings is 1. The van der Waals surface area contributed by atoms with Crippen LogP contribution in [0.4, 0.5) is 19.0 Å².